The molecule has 0 spiro atoms. The lowest BCUT2D eigenvalue weighted by Crippen LogP contribution is -2.27. The van der Waals surface area contributed by atoms with Crippen molar-refractivity contribution in [2.75, 3.05) is 28.6 Å². The van der Waals surface area contributed by atoms with Crippen LogP contribution in [-0.2, 0) is 6.54 Å². The van der Waals surface area contributed by atoms with E-state index in [1.807, 2.05) is 55.5 Å². The highest BCUT2D eigenvalue weighted by Gasteiger charge is 2.20. The van der Waals surface area contributed by atoms with E-state index in [1.54, 1.807) is 18.5 Å². The number of urea groups is 1. The fourth-order valence-corrected chi connectivity index (χ4v) is 3.83. The first-order valence-corrected chi connectivity index (χ1v) is 10.8. The number of anilines is 3. The summed E-state index contributed by atoms with van der Waals surface area (Å²) in [6, 6.07) is 16.5. The fraction of sp³-hybridized carbons (Fsp3) is 0.240. The van der Waals surface area contributed by atoms with Crippen molar-refractivity contribution in [1.29, 1.82) is 0 Å². The second kappa shape index (κ2) is 9.96. The molecule has 0 radical (unpaired) electrons. The molecule has 0 bridgehead atoms. The lowest BCUT2D eigenvalue weighted by atomic mass is 10.1. The summed E-state index contributed by atoms with van der Waals surface area (Å²) in [5.41, 5.74) is 4.69. The van der Waals surface area contributed by atoms with Crippen molar-refractivity contribution in [3.05, 3.63) is 83.7 Å². The quantitative estimate of drug-likeness (QED) is 0.536. The van der Waals surface area contributed by atoms with E-state index in [1.165, 1.54) is 0 Å². The van der Waals surface area contributed by atoms with Crippen molar-refractivity contribution in [3.8, 4) is 0 Å². The van der Waals surface area contributed by atoms with Crippen LogP contribution in [-0.4, -0.2) is 30.0 Å². The van der Waals surface area contributed by atoms with Gasteiger partial charge in [0.15, 0.2) is 0 Å². The Morgan fingerprint density at radius 2 is 1.75 bits per heavy atom. The molecule has 1 fully saturated rings. The van der Waals surface area contributed by atoms with Gasteiger partial charge in [-0.3, -0.25) is 9.78 Å². The average Bonchev–Trinajstić information content (AvgIpc) is 3.33. The molecule has 3 aromatic rings. The zero-order valence-corrected chi connectivity index (χ0v) is 18.1. The Labute approximate surface area is 187 Å². The number of aromatic nitrogens is 1. The fourth-order valence-electron chi connectivity index (χ4n) is 3.83. The molecule has 3 amide bonds. The number of pyridine rings is 1. The van der Waals surface area contributed by atoms with Crippen molar-refractivity contribution in [2.45, 2.75) is 26.3 Å². The molecule has 7 heteroatoms. The van der Waals surface area contributed by atoms with Crippen LogP contribution in [0.15, 0.2) is 67.0 Å². The lowest BCUT2D eigenvalue weighted by Gasteiger charge is -2.22. The van der Waals surface area contributed by atoms with Crippen LogP contribution in [0.5, 0.6) is 0 Å². The molecule has 3 N–H and O–H groups in total. The van der Waals surface area contributed by atoms with Gasteiger partial charge in [0, 0.05) is 49.1 Å². The Morgan fingerprint density at radius 3 is 2.47 bits per heavy atom. The summed E-state index contributed by atoms with van der Waals surface area (Å²) >= 11 is 0. The van der Waals surface area contributed by atoms with E-state index in [4.69, 9.17) is 0 Å². The number of aryl methyl sites for hydroxylation is 1. The van der Waals surface area contributed by atoms with Gasteiger partial charge >= 0.3 is 6.03 Å². The van der Waals surface area contributed by atoms with E-state index in [0.29, 0.717) is 23.5 Å². The zero-order valence-electron chi connectivity index (χ0n) is 18.1. The van der Waals surface area contributed by atoms with Crippen LogP contribution in [0.2, 0.25) is 0 Å². The van der Waals surface area contributed by atoms with Crippen molar-refractivity contribution >= 4 is 29.0 Å². The van der Waals surface area contributed by atoms with E-state index >= 15 is 0 Å². The van der Waals surface area contributed by atoms with E-state index in [0.717, 1.165) is 42.7 Å². The average molecular weight is 430 g/mol. The molecule has 0 atom stereocenters. The van der Waals surface area contributed by atoms with Gasteiger partial charge in [0.05, 0.1) is 5.56 Å². The molecule has 7 nitrogen and oxygen atoms in total. The molecule has 1 saturated heterocycles. The van der Waals surface area contributed by atoms with Gasteiger partial charge in [-0.15, -0.1) is 0 Å². The number of amides is 3. The van der Waals surface area contributed by atoms with Crippen LogP contribution in [0.1, 0.15) is 34.3 Å². The van der Waals surface area contributed by atoms with E-state index < -0.39 is 0 Å². The Hall–Kier alpha value is -3.87. The van der Waals surface area contributed by atoms with E-state index in [-0.39, 0.29) is 11.9 Å². The van der Waals surface area contributed by atoms with Crippen molar-refractivity contribution < 1.29 is 9.59 Å². The number of carbonyl (C=O) groups excluding carboxylic acids is 2. The van der Waals surface area contributed by atoms with Crippen molar-refractivity contribution in [2.24, 2.45) is 0 Å². The van der Waals surface area contributed by atoms with Gasteiger partial charge in [-0.05, 0) is 67.3 Å². The monoisotopic (exact) mass is 429 g/mol. The van der Waals surface area contributed by atoms with Crippen LogP contribution in [0.4, 0.5) is 21.9 Å². The molecule has 0 unspecified atom stereocenters. The standard InChI is InChI=1S/C25H27N5O2/c1-18-6-4-8-20(14-18)28-25(32)29-21-9-10-23(30-12-2-3-13-30)22(15-21)24(31)27-17-19-7-5-11-26-16-19/h4-11,14-16H,2-3,12-13,17H2,1H3,(H,27,31)(H2,28,29,32). The molecule has 0 aliphatic carbocycles. The summed E-state index contributed by atoms with van der Waals surface area (Å²) in [6.45, 7) is 4.20. The molecule has 164 valence electrons. The third-order valence-corrected chi connectivity index (χ3v) is 5.40. The van der Waals surface area contributed by atoms with Gasteiger partial charge in [0.25, 0.3) is 5.91 Å². The number of rotatable bonds is 6. The minimum absolute atomic E-state index is 0.182. The Balaban J connectivity index is 1.50. The molecule has 2 heterocycles. The molecule has 32 heavy (non-hydrogen) atoms. The minimum Gasteiger partial charge on any atom is -0.371 e. The largest absolute Gasteiger partial charge is 0.371 e. The maximum Gasteiger partial charge on any atom is 0.323 e. The highest BCUT2D eigenvalue weighted by Crippen LogP contribution is 2.28. The summed E-state index contributed by atoms with van der Waals surface area (Å²) in [5.74, 6) is -0.182. The Kier molecular flexibility index (Phi) is 6.65. The van der Waals surface area contributed by atoms with Crippen molar-refractivity contribution in [3.63, 3.8) is 0 Å². The van der Waals surface area contributed by atoms with Crippen LogP contribution in [0, 0.1) is 6.92 Å². The predicted molar refractivity (Wildman–Crippen MR) is 127 cm³/mol. The smallest absolute Gasteiger partial charge is 0.323 e. The summed E-state index contributed by atoms with van der Waals surface area (Å²) in [6.07, 6.45) is 5.65. The normalized spacial score (nSPS) is 13.0. The molecular formula is C25H27N5O2. The minimum atomic E-state index is -0.355. The number of hydrogen-bond donors (Lipinski definition) is 3. The maximum absolute atomic E-state index is 13.1. The number of carbonyl (C=O) groups is 2. The summed E-state index contributed by atoms with van der Waals surface area (Å²) in [5, 5.41) is 8.64. The number of hydrogen-bond acceptors (Lipinski definition) is 4. The summed E-state index contributed by atoms with van der Waals surface area (Å²) in [7, 11) is 0. The third-order valence-electron chi connectivity index (χ3n) is 5.40. The van der Waals surface area contributed by atoms with Gasteiger partial charge in [0.1, 0.15) is 0 Å². The molecule has 4 rings (SSSR count). The topological polar surface area (TPSA) is 86.4 Å². The molecule has 2 aromatic carbocycles. The summed E-state index contributed by atoms with van der Waals surface area (Å²) < 4.78 is 0. The second-order valence-electron chi connectivity index (χ2n) is 7.92. The van der Waals surface area contributed by atoms with Gasteiger partial charge < -0.3 is 20.9 Å². The molecular weight excluding hydrogens is 402 g/mol. The first-order chi connectivity index (χ1) is 15.6. The highest BCUT2D eigenvalue weighted by molar-refractivity contribution is 6.04. The van der Waals surface area contributed by atoms with Crippen LogP contribution >= 0.6 is 0 Å². The highest BCUT2D eigenvalue weighted by atomic mass is 16.2. The second-order valence-corrected chi connectivity index (χ2v) is 7.92. The number of nitrogens with one attached hydrogen (secondary N) is 3. The Morgan fingerprint density at radius 1 is 0.969 bits per heavy atom. The van der Waals surface area contributed by atoms with Crippen LogP contribution in [0.3, 0.4) is 0 Å². The summed E-state index contributed by atoms with van der Waals surface area (Å²) in [4.78, 5) is 31.9. The number of benzene rings is 2. The zero-order chi connectivity index (χ0) is 22.3. The molecule has 1 aromatic heterocycles. The van der Waals surface area contributed by atoms with Gasteiger partial charge in [-0.1, -0.05) is 18.2 Å². The Bertz CT molecular complexity index is 1090. The SMILES string of the molecule is Cc1cccc(NC(=O)Nc2ccc(N3CCCC3)c(C(=O)NCc3cccnc3)c2)c1. The van der Waals surface area contributed by atoms with Crippen LogP contribution < -0.4 is 20.9 Å². The van der Waals surface area contributed by atoms with E-state index in [2.05, 4.69) is 25.8 Å². The van der Waals surface area contributed by atoms with Gasteiger partial charge in [-0.25, -0.2) is 4.79 Å². The van der Waals surface area contributed by atoms with Gasteiger partial charge in [-0.2, -0.15) is 0 Å². The lowest BCUT2D eigenvalue weighted by molar-refractivity contribution is 0.0951. The first kappa shape index (κ1) is 21.4. The predicted octanol–water partition coefficient (Wildman–Crippen LogP) is 4.56. The molecule has 1 aliphatic rings. The maximum atomic E-state index is 13.1. The third kappa shape index (κ3) is 5.43. The molecule has 1 aliphatic heterocycles. The first-order valence-electron chi connectivity index (χ1n) is 10.8. The molecule has 0 saturated carbocycles. The van der Waals surface area contributed by atoms with Crippen LogP contribution in [0.25, 0.3) is 0 Å². The van der Waals surface area contributed by atoms with Crippen molar-refractivity contribution in [1.82, 2.24) is 10.3 Å². The number of nitrogens with zero attached hydrogens (tertiary/aromatic N) is 2. The van der Waals surface area contributed by atoms with E-state index in [9.17, 15) is 9.59 Å². The van der Waals surface area contributed by atoms with Gasteiger partial charge in [0.2, 0.25) is 0 Å².